The largest absolute Gasteiger partial charge is 0.484 e. The summed E-state index contributed by atoms with van der Waals surface area (Å²) in [6.45, 7) is -1.71. The van der Waals surface area contributed by atoms with Crippen molar-refractivity contribution >= 4 is 17.5 Å². The van der Waals surface area contributed by atoms with Crippen molar-refractivity contribution in [1.82, 2.24) is 15.5 Å². The Labute approximate surface area is 186 Å². The SMILES string of the molecule is O=C(COc1ccc(Cl)cc1)N[C@@H]1CC[C@@H](c2nnc(OCCOCC(F)(F)F)o2)OC1. The Morgan fingerprint density at radius 1 is 1.16 bits per heavy atom. The Morgan fingerprint density at radius 3 is 2.62 bits per heavy atom. The van der Waals surface area contributed by atoms with E-state index in [2.05, 4.69) is 20.3 Å². The van der Waals surface area contributed by atoms with Gasteiger partial charge in [-0.25, -0.2) is 0 Å². The molecule has 1 aromatic heterocycles. The average molecular weight is 480 g/mol. The molecule has 176 valence electrons. The summed E-state index contributed by atoms with van der Waals surface area (Å²) < 4.78 is 61.8. The molecule has 2 aromatic rings. The Balaban J connectivity index is 1.33. The van der Waals surface area contributed by atoms with E-state index in [1.54, 1.807) is 24.3 Å². The topological polar surface area (TPSA) is 105 Å². The average Bonchev–Trinajstić information content (AvgIpc) is 3.22. The van der Waals surface area contributed by atoms with Gasteiger partial charge < -0.3 is 28.7 Å². The highest BCUT2D eigenvalue weighted by atomic mass is 35.5. The van der Waals surface area contributed by atoms with Gasteiger partial charge in [0.1, 0.15) is 25.1 Å². The first-order valence-corrected chi connectivity index (χ1v) is 10.1. The van der Waals surface area contributed by atoms with Crippen LogP contribution in [0.2, 0.25) is 5.02 Å². The minimum Gasteiger partial charge on any atom is -0.484 e. The van der Waals surface area contributed by atoms with Crippen molar-refractivity contribution in [2.45, 2.75) is 31.2 Å². The van der Waals surface area contributed by atoms with E-state index in [1.165, 1.54) is 0 Å². The zero-order valence-electron chi connectivity index (χ0n) is 16.8. The summed E-state index contributed by atoms with van der Waals surface area (Å²) in [7, 11) is 0. The number of ether oxygens (including phenoxy) is 4. The molecule has 13 heteroatoms. The molecule has 0 unspecified atom stereocenters. The van der Waals surface area contributed by atoms with Crippen molar-refractivity contribution in [3.63, 3.8) is 0 Å². The molecule has 3 rings (SSSR count). The van der Waals surface area contributed by atoms with Crippen LogP contribution in [0.1, 0.15) is 24.8 Å². The van der Waals surface area contributed by atoms with E-state index >= 15 is 0 Å². The summed E-state index contributed by atoms with van der Waals surface area (Å²) in [4.78, 5) is 12.1. The summed E-state index contributed by atoms with van der Waals surface area (Å²) >= 11 is 5.80. The van der Waals surface area contributed by atoms with Crippen molar-refractivity contribution in [1.29, 1.82) is 0 Å². The summed E-state index contributed by atoms with van der Waals surface area (Å²) in [5.41, 5.74) is 0. The van der Waals surface area contributed by atoms with Crippen LogP contribution in [-0.2, 0) is 14.3 Å². The lowest BCUT2D eigenvalue weighted by molar-refractivity contribution is -0.175. The van der Waals surface area contributed by atoms with Crippen molar-refractivity contribution in [3.8, 4) is 11.8 Å². The van der Waals surface area contributed by atoms with Crippen LogP contribution in [0.3, 0.4) is 0 Å². The minimum atomic E-state index is -4.39. The minimum absolute atomic E-state index is 0.140. The molecule has 0 saturated carbocycles. The van der Waals surface area contributed by atoms with Crippen LogP contribution in [0.15, 0.2) is 28.7 Å². The second-order valence-electron chi connectivity index (χ2n) is 6.83. The van der Waals surface area contributed by atoms with E-state index in [0.717, 1.165) is 0 Å². The number of hydrogen-bond acceptors (Lipinski definition) is 8. The number of rotatable bonds is 10. The maximum Gasteiger partial charge on any atom is 0.414 e. The molecule has 0 bridgehead atoms. The van der Waals surface area contributed by atoms with Crippen LogP contribution in [0.4, 0.5) is 13.2 Å². The van der Waals surface area contributed by atoms with E-state index in [9.17, 15) is 18.0 Å². The zero-order chi connectivity index (χ0) is 23.0. The zero-order valence-corrected chi connectivity index (χ0v) is 17.5. The van der Waals surface area contributed by atoms with Gasteiger partial charge in [-0.1, -0.05) is 16.7 Å². The number of halogens is 4. The van der Waals surface area contributed by atoms with E-state index in [-0.39, 0.29) is 50.3 Å². The molecular weight excluding hydrogens is 459 g/mol. The highest BCUT2D eigenvalue weighted by Gasteiger charge is 2.29. The number of nitrogens with zero attached hydrogens (tertiary/aromatic N) is 2. The van der Waals surface area contributed by atoms with Crippen LogP contribution in [0.5, 0.6) is 11.8 Å². The van der Waals surface area contributed by atoms with Gasteiger partial charge in [0.25, 0.3) is 5.91 Å². The number of carbonyl (C=O) groups is 1. The van der Waals surface area contributed by atoms with Gasteiger partial charge in [0.2, 0.25) is 5.89 Å². The van der Waals surface area contributed by atoms with Crippen molar-refractivity contribution in [3.05, 3.63) is 35.2 Å². The number of alkyl halides is 3. The molecule has 1 aliphatic rings. The normalized spacial score (nSPS) is 18.9. The molecule has 1 saturated heterocycles. The molecule has 1 aromatic carbocycles. The summed E-state index contributed by atoms with van der Waals surface area (Å²) in [6.07, 6.45) is -3.92. The van der Waals surface area contributed by atoms with Gasteiger partial charge in [0.15, 0.2) is 6.61 Å². The van der Waals surface area contributed by atoms with Crippen molar-refractivity contribution < 1.29 is 41.3 Å². The van der Waals surface area contributed by atoms with Crippen molar-refractivity contribution in [2.75, 3.05) is 33.0 Å². The molecule has 1 aliphatic heterocycles. The molecule has 2 heterocycles. The van der Waals surface area contributed by atoms with Gasteiger partial charge in [-0.3, -0.25) is 4.79 Å². The van der Waals surface area contributed by atoms with Crippen LogP contribution in [0, 0.1) is 0 Å². The molecule has 0 aliphatic carbocycles. The number of benzene rings is 1. The standard InChI is InChI=1S/C19H21ClF3N3O6/c20-12-1-4-14(5-2-12)30-10-16(27)24-13-3-6-15(31-9-13)17-25-26-18(32-17)29-8-7-28-11-19(21,22)23/h1-2,4-5,13,15H,3,6-11H2,(H,24,27)/t13-,15+/m1/s1. The molecule has 32 heavy (non-hydrogen) atoms. The molecule has 1 fully saturated rings. The smallest absolute Gasteiger partial charge is 0.414 e. The number of amides is 1. The molecule has 1 amide bonds. The maximum absolute atomic E-state index is 12.1. The predicted molar refractivity (Wildman–Crippen MR) is 103 cm³/mol. The molecule has 0 radical (unpaired) electrons. The van der Waals surface area contributed by atoms with Gasteiger partial charge in [-0.15, -0.1) is 5.10 Å². The second kappa shape index (κ2) is 11.3. The Kier molecular flexibility index (Phi) is 8.53. The summed E-state index contributed by atoms with van der Waals surface area (Å²) in [6, 6.07) is 6.47. The molecule has 0 spiro atoms. The fourth-order valence-electron chi connectivity index (χ4n) is 2.79. The van der Waals surface area contributed by atoms with Crippen LogP contribution in [-0.4, -0.2) is 61.4 Å². The van der Waals surface area contributed by atoms with Crippen LogP contribution in [0.25, 0.3) is 0 Å². The molecule has 1 N–H and O–H groups in total. The number of nitrogens with one attached hydrogen (secondary N) is 1. The maximum atomic E-state index is 12.1. The lowest BCUT2D eigenvalue weighted by Crippen LogP contribution is -2.43. The summed E-state index contributed by atoms with van der Waals surface area (Å²) in [5, 5.41) is 10.9. The van der Waals surface area contributed by atoms with E-state index in [1.807, 2.05) is 0 Å². The lowest BCUT2D eigenvalue weighted by Gasteiger charge is -2.27. The first kappa shape index (κ1) is 24.1. The number of hydrogen-bond donors (Lipinski definition) is 1. The number of carbonyl (C=O) groups excluding carboxylic acids is 1. The fourth-order valence-corrected chi connectivity index (χ4v) is 2.92. The van der Waals surface area contributed by atoms with Gasteiger partial charge in [-0.2, -0.15) is 13.2 Å². The van der Waals surface area contributed by atoms with Crippen LogP contribution >= 0.6 is 11.6 Å². The summed E-state index contributed by atoms with van der Waals surface area (Å²) in [5.74, 6) is 0.436. The monoisotopic (exact) mass is 479 g/mol. The Bertz CT molecular complexity index is 857. The van der Waals surface area contributed by atoms with Crippen molar-refractivity contribution in [2.24, 2.45) is 0 Å². The Hall–Kier alpha value is -2.57. The van der Waals surface area contributed by atoms with E-state index in [4.69, 9.17) is 30.2 Å². The van der Waals surface area contributed by atoms with Crippen LogP contribution < -0.4 is 14.8 Å². The second-order valence-corrected chi connectivity index (χ2v) is 7.27. The highest BCUT2D eigenvalue weighted by molar-refractivity contribution is 6.30. The predicted octanol–water partition coefficient (Wildman–Crippen LogP) is 3.10. The third-order valence-electron chi connectivity index (χ3n) is 4.24. The molecule has 2 atom stereocenters. The lowest BCUT2D eigenvalue weighted by atomic mass is 10.1. The third-order valence-corrected chi connectivity index (χ3v) is 4.49. The quantitative estimate of drug-likeness (QED) is 0.518. The van der Waals surface area contributed by atoms with E-state index < -0.39 is 18.9 Å². The van der Waals surface area contributed by atoms with Gasteiger partial charge >= 0.3 is 12.3 Å². The van der Waals surface area contributed by atoms with Gasteiger partial charge in [0.05, 0.1) is 19.3 Å². The molecular formula is C19H21ClF3N3O6. The third kappa shape index (κ3) is 8.17. The number of aromatic nitrogens is 2. The Morgan fingerprint density at radius 2 is 1.94 bits per heavy atom. The first-order chi connectivity index (χ1) is 15.3. The first-order valence-electron chi connectivity index (χ1n) is 9.68. The fraction of sp³-hybridized carbons (Fsp3) is 0.526. The van der Waals surface area contributed by atoms with E-state index in [0.29, 0.717) is 23.6 Å². The highest BCUT2D eigenvalue weighted by Crippen LogP contribution is 2.28. The molecule has 9 nitrogen and oxygen atoms in total. The van der Waals surface area contributed by atoms with Gasteiger partial charge in [0, 0.05) is 5.02 Å². The van der Waals surface area contributed by atoms with Gasteiger partial charge in [-0.05, 0) is 37.1 Å².